The molecule has 2 aliphatic rings. The third kappa shape index (κ3) is 3.60. The molecule has 1 saturated carbocycles. The maximum Gasteiger partial charge on any atom is 0.391 e. The van der Waals surface area contributed by atoms with Crippen molar-refractivity contribution in [1.82, 2.24) is 0 Å². The van der Waals surface area contributed by atoms with E-state index >= 15 is 0 Å². The van der Waals surface area contributed by atoms with Crippen molar-refractivity contribution in [3.8, 4) is 0 Å². The van der Waals surface area contributed by atoms with Crippen LogP contribution in [0.25, 0.3) is 0 Å². The van der Waals surface area contributed by atoms with Crippen LogP contribution in [0.1, 0.15) is 51.4 Å². The fraction of sp³-hybridized carbons (Fsp3) is 1.00. The van der Waals surface area contributed by atoms with E-state index in [0.717, 1.165) is 25.7 Å². The standard InChI is InChI=1S/C13H21F3O2/c14-13(15,16)9-11(17)10-4-7-18-12(8-10)5-2-1-3-6-12/h10-11,17H,1-9H2. The summed E-state index contributed by atoms with van der Waals surface area (Å²) in [4.78, 5) is 0. The molecule has 1 spiro atoms. The van der Waals surface area contributed by atoms with Gasteiger partial charge in [-0.3, -0.25) is 0 Å². The first kappa shape index (κ1) is 14.1. The Morgan fingerprint density at radius 2 is 1.89 bits per heavy atom. The highest BCUT2D eigenvalue weighted by Gasteiger charge is 2.43. The minimum absolute atomic E-state index is 0.242. The molecule has 1 heterocycles. The lowest BCUT2D eigenvalue weighted by Gasteiger charge is -2.44. The van der Waals surface area contributed by atoms with Crippen LogP contribution < -0.4 is 0 Å². The van der Waals surface area contributed by atoms with E-state index in [2.05, 4.69) is 0 Å². The molecular formula is C13H21F3O2. The average Bonchev–Trinajstić information content (AvgIpc) is 2.28. The van der Waals surface area contributed by atoms with Gasteiger partial charge in [0.1, 0.15) is 0 Å². The van der Waals surface area contributed by atoms with Crippen molar-refractivity contribution >= 4 is 0 Å². The van der Waals surface area contributed by atoms with Crippen molar-refractivity contribution < 1.29 is 23.0 Å². The third-order valence-corrected chi connectivity index (χ3v) is 4.28. The maximum absolute atomic E-state index is 12.3. The van der Waals surface area contributed by atoms with Crippen molar-refractivity contribution in [1.29, 1.82) is 0 Å². The smallest absolute Gasteiger partial charge is 0.391 e. The first-order valence-electron chi connectivity index (χ1n) is 6.79. The molecule has 1 saturated heterocycles. The largest absolute Gasteiger partial charge is 0.392 e. The summed E-state index contributed by atoms with van der Waals surface area (Å²) in [6.45, 7) is 0.486. The molecule has 2 unspecified atom stereocenters. The third-order valence-electron chi connectivity index (χ3n) is 4.28. The van der Waals surface area contributed by atoms with Gasteiger partial charge in [-0.25, -0.2) is 0 Å². The number of aliphatic hydroxyl groups is 1. The van der Waals surface area contributed by atoms with Crippen LogP contribution in [0.4, 0.5) is 13.2 Å². The second kappa shape index (κ2) is 5.37. The van der Waals surface area contributed by atoms with E-state index in [1.165, 1.54) is 6.42 Å². The first-order chi connectivity index (χ1) is 8.40. The van der Waals surface area contributed by atoms with Gasteiger partial charge in [0.2, 0.25) is 0 Å². The minimum Gasteiger partial charge on any atom is -0.392 e. The summed E-state index contributed by atoms with van der Waals surface area (Å²) in [6, 6.07) is 0. The summed E-state index contributed by atoms with van der Waals surface area (Å²) in [6.07, 6.45) is -0.294. The summed E-state index contributed by atoms with van der Waals surface area (Å²) >= 11 is 0. The van der Waals surface area contributed by atoms with Crippen LogP contribution in [0.5, 0.6) is 0 Å². The molecule has 5 heteroatoms. The zero-order valence-electron chi connectivity index (χ0n) is 10.5. The lowest BCUT2D eigenvalue weighted by atomic mass is 9.74. The van der Waals surface area contributed by atoms with Gasteiger partial charge in [-0.05, 0) is 31.6 Å². The summed E-state index contributed by atoms with van der Waals surface area (Å²) in [5, 5.41) is 9.75. The van der Waals surface area contributed by atoms with E-state index in [4.69, 9.17) is 4.74 Å². The molecule has 106 valence electrons. The van der Waals surface area contributed by atoms with Gasteiger partial charge in [0.15, 0.2) is 0 Å². The van der Waals surface area contributed by atoms with E-state index < -0.39 is 18.7 Å². The number of rotatable bonds is 2. The molecule has 2 fully saturated rings. The summed E-state index contributed by atoms with van der Waals surface area (Å²) < 4.78 is 42.7. The highest BCUT2D eigenvalue weighted by Crippen LogP contribution is 2.42. The van der Waals surface area contributed by atoms with Gasteiger partial charge in [-0.1, -0.05) is 19.3 Å². The Bertz CT molecular complexity index is 266. The number of alkyl halides is 3. The van der Waals surface area contributed by atoms with Crippen molar-refractivity contribution in [2.24, 2.45) is 5.92 Å². The number of ether oxygens (including phenoxy) is 1. The van der Waals surface area contributed by atoms with Gasteiger partial charge >= 0.3 is 6.18 Å². The molecule has 1 N–H and O–H groups in total. The van der Waals surface area contributed by atoms with E-state index in [-0.39, 0.29) is 11.5 Å². The van der Waals surface area contributed by atoms with Crippen molar-refractivity contribution in [2.45, 2.75) is 69.2 Å². The second-order valence-corrected chi connectivity index (χ2v) is 5.73. The SMILES string of the molecule is OC(CC(F)(F)F)C1CCOC2(CCCCC2)C1. The zero-order chi connectivity index (χ0) is 13.2. The van der Waals surface area contributed by atoms with Gasteiger partial charge in [-0.2, -0.15) is 13.2 Å². The Morgan fingerprint density at radius 1 is 1.22 bits per heavy atom. The van der Waals surface area contributed by atoms with Crippen LogP contribution >= 0.6 is 0 Å². The Morgan fingerprint density at radius 3 is 2.50 bits per heavy atom. The number of hydrogen-bond donors (Lipinski definition) is 1. The number of hydrogen-bond acceptors (Lipinski definition) is 2. The molecule has 0 aromatic carbocycles. The molecule has 2 nitrogen and oxygen atoms in total. The lowest BCUT2D eigenvalue weighted by Crippen LogP contribution is -2.45. The van der Waals surface area contributed by atoms with E-state index in [1.54, 1.807) is 0 Å². The molecule has 0 radical (unpaired) electrons. The molecule has 0 aromatic heterocycles. The summed E-state index contributed by atoms with van der Waals surface area (Å²) in [7, 11) is 0. The highest BCUT2D eigenvalue weighted by atomic mass is 19.4. The van der Waals surface area contributed by atoms with E-state index in [0.29, 0.717) is 19.4 Å². The van der Waals surface area contributed by atoms with Crippen molar-refractivity contribution in [3.63, 3.8) is 0 Å². The Hall–Kier alpha value is -0.290. The highest BCUT2D eigenvalue weighted by molar-refractivity contribution is 4.91. The van der Waals surface area contributed by atoms with Crippen LogP contribution in [-0.4, -0.2) is 29.6 Å². The summed E-state index contributed by atoms with van der Waals surface area (Å²) in [5.74, 6) is -0.265. The molecule has 18 heavy (non-hydrogen) atoms. The predicted molar refractivity (Wildman–Crippen MR) is 61.2 cm³/mol. The Kier molecular flexibility index (Phi) is 4.22. The van der Waals surface area contributed by atoms with Crippen molar-refractivity contribution in [2.75, 3.05) is 6.61 Å². The first-order valence-corrected chi connectivity index (χ1v) is 6.79. The normalized spacial score (nSPS) is 30.3. The van der Waals surface area contributed by atoms with E-state index in [9.17, 15) is 18.3 Å². The molecule has 0 bridgehead atoms. The van der Waals surface area contributed by atoms with Gasteiger partial charge < -0.3 is 9.84 Å². The van der Waals surface area contributed by atoms with E-state index in [1.807, 2.05) is 0 Å². The molecular weight excluding hydrogens is 245 g/mol. The molecule has 2 rings (SSSR count). The monoisotopic (exact) mass is 266 g/mol. The minimum atomic E-state index is -4.28. The Labute approximate surface area is 106 Å². The number of aliphatic hydroxyl groups excluding tert-OH is 1. The molecule has 1 aliphatic carbocycles. The van der Waals surface area contributed by atoms with Gasteiger partial charge in [0.25, 0.3) is 0 Å². The number of halogens is 3. The van der Waals surface area contributed by atoms with Gasteiger partial charge in [0.05, 0.1) is 18.1 Å². The van der Waals surface area contributed by atoms with Gasteiger partial charge in [0, 0.05) is 6.61 Å². The van der Waals surface area contributed by atoms with Crippen LogP contribution in [-0.2, 0) is 4.74 Å². The van der Waals surface area contributed by atoms with Crippen molar-refractivity contribution in [3.05, 3.63) is 0 Å². The quantitative estimate of drug-likeness (QED) is 0.829. The fourth-order valence-corrected chi connectivity index (χ4v) is 3.34. The van der Waals surface area contributed by atoms with Crippen LogP contribution in [0.2, 0.25) is 0 Å². The van der Waals surface area contributed by atoms with Gasteiger partial charge in [-0.15, -0.1) is 0 Å². The fourth-order valence-electron chi connectivity index (χ4n) is 3.34. The predicted octanol–water partition coefficient (Wildman–Crippen LogP) is 3.43. The van der Waals surface area contributed by atoms with Crippen LogP contribution in [0.15, 0.2) is 0 Å². The molecule has 0 amide bonds. The van der Waals surface area contributed by atoms with Crippen LogP contribution in [0.3, 0.4) is 0 Å². The molecule has 1 aliphatic heterocycles. The Balaban J connectivity index is 1.93. The summed E-state index contributed by atoms with van der Waals surface area (Å²) in [5.41, 5.74) is -0.242. The lowest BCUT2D eigenvalue weighted by molar-refractivity contribution is -0.177. The molecule has 0 aromatic rings. The topological polar surface area (TPSA) is 29.5 Å². The van der Waals surface area contributed by atoms with Crippen LogP contribution in [0, 0.1) is 5.92 Å². The second-order valence-electron chi connectivity index (χ2n) is 5.73. The average molecular weight is 266 g/mol. The molecule has 2 atom stereocenters. The zero-order valence-corrected chi connectivity index (χ0v) is 10.5. The maximum atomic E-state index is 12.3.